The van der Waals surface area contributed by atoms with Crippen LogP contribution in [0.2, 0.25) is 0 Å². The molecule has 1 aliphatic carbocycles. The summed E-state index contributed by atoms with van der Waals surface area (Å²) >= 11 is 0. The first kappa shape index (κ1) is 11.9. The van der Waals surface area contributed by atoms with Gasteiger partial charge in [0.15, 0.2) is 0 Å². The summed E-state index contributed by atoms with van der Waals surface area (Å²) in [5.41, 5.74) is 0.00792. The van der Waals surface area contributed by atoms with Crippen LogP contribution >= 0.6 is 0 Å². The maximum absolute atomic E-state index is 12.4. The van der Waals surface area contributed by atoms with Gasteiger partial charge in [0.05, 0.1) is 5.41 Å². The van der Waals surface area contributed by atoms with E-state index in [-0.39, 0.29) is 11.0 Å². The number of hydrogen-bond donors (Lipinski definition) is 2. The zero-order valence-electron chi connectivity index (χ0n) is 10.6. The van der Waals surface area contributed by atoms with Crippen molar-refractivity contribution in [3.8, 4) is 0 Å². The largest absolute Gasteiger partial charge is 0.350 e. The normalized spacial score (nSPS) is 26.9. The summed E-state index contributed by atoms with van der Waals surface area (Å²) in [6, 6.07) is 0. The molecule has 92 valence electrons. The molecular weight excluding hydrogens is 200 g/mol. The molecule has 1 amide bonds. The number of rotatable bonds is 3. The van der Waals surface area contributed by atoms with Crippen LogP contribution in [0.3, 0.4) is 0 Å². The SMILES string of the molecule is CCC1(C(=O)NC2(C)CCC2)CCNCC1. The van der Waals surface area contributed by atoms with Gasteiger partial charge in [-0.2, -0.15) is 0 Å². The molecule has 0 radical (unpaired) electrons. The lowest BCUT2D eigenvalue weighted by atomic mass is 9.73. The van der Waals surface area contributed by atoms with Crippen molar-refractivity contribution in [3.63, 3.8) is 0 Å². The smallest absolute Gasteiger partial charge is 0.226 e. The highest BCUT2D eigenvalue weighted by Crippen LogP contribution is 2.36. The Bertz CT molecular complexity index is 265. The Kier molecular flexibility index (Phi) is 3.24. The molecule has 16 heavy (non-hydrogen) atoms. The summed E-state index contributed by atoms with van der Waals surface area (Å²) in [5, 5.41) is 6.63. The molecular formula is C13H24N2O. The van der Waals surface area contributed by atoms with Gasteiger partial charge in [-0.1, -0.05) is 6.92 Å². The van der Waals surface area contributed by atoms with Crippen LogP contribution in [0.15, 0.2) is 0 Å². The second-order valence-corrected chi connectivity index (χ2v) is 5.75. The van der Waals surface area contributed by atoms with Crippen molar-refractivity contribution in [2.75, 3.05) is 13.1 Å². The fraction of sp³-hybridized carbons (Fsp3) is 0.923. The molecule has 1 heterocycles. The third kappa shape index (κ3) is 2.10. The fourth-order valence-electron chi connectivity index (χ4n) is 2.89. The van der Waals surface area contributed by atoms with E-state index in [1.807, 2.05) is 0 Å². The van der Waals surface area contributed by atoms with Crippen LogP contribution < -0.4 is 10.6 Å². The van der Waals surface area contributed by atoms with Crippen molar-refractivity contribution < 1.29 is 4.79 Å². The molecule has 2 rings (SSSR count). The Morgan fingerprint density at radius 2 is 1.88 bits per heavy atom. The topological polar surface area (TPSA) is 41.1 Å². The predicted octanol–water partition coefficient (Wildman–Crippen LogP) is 1.82. The molecule has 3 heteroatoms. The van der Waals surface area contributed by atoms with E-state index in [2.05, 4.69) is 24.5 Å². The van der Waals surface area contributed by atoms with Crippen molar-refractivity contribution in [3.05, 3.63) is 0 Å². The highest BCUT2D eigenvalue weighted by atomic mass is 16.2. The van der Waals surface area contributed by atoms with E-state index in [1.165, 1.54) is 6.42 Å². The van der Waals surface area contributed by atoms with E-state index in [1.54, 1.807) is 0 Å². The first-order chi connectivity index (χ1) is 7.60. The lowest BCUT2D eigenvalue weighted by Gasteiger charge is -2.44. The Morgan fingerprint density at radius 1 is 1.25 bits per heavy atom. The number of hydrogen-bond acceptors (Lipinski definition) is 2. The molecule has 1 aliphatic heterocycles. The molecule has 2 aliphatic rings. The van der Waals surface area contributed by atoms with Crippen molar-refractivity contribution >= 4 is 5.91 Å². The molecule has 2 fully saturated rings. The molecule has 0 atom stereocenters. The first-order valence-corrected chi connectivity index (χ1v) is 6.64. The minimum Gasteiger partial charge on any atom is -0.350 e. The Hall–Kier alpha value is -0.570. The lowest BCUT2D eigenvalue weighted by Crippen LogP contribution is -2.57. The van der Waals surface area contributed by atoms with Gasteiger partial charge in [0.25, 0.3) is 0 Å². The van der Waals surface area contributed by atoms with Crippen molar-refractivity contribution in [1.29, 1.82) is 0 Å². The van der Waals surface area contributed by atoms with E-state index < -0.39 is 0 Å². The average Bonchev–Trinajstić information content (AvgIpc) is 2.27. The summed E-state index contributed by atoms with van der Waals surface area (Å²) in [4.78, 5) is 12.4. The van der Waals surface area contributed by atoms with Crippen LogP contribution in [0.4, 0.5) is 0 Å². The number of piperidine rings is 1. The van der Waals surface area contributed by atoms with Crippen molar-refractivity contribution in [2.24, 2.45) is 5.41 Å². The van der Waals surface area contributed by atoms with Gasteiger partial charge in [-0.05, 0) is 58.5 Å². The van der Waals surface area contributed by atoms with Crippen LogP contribution in [0.1, 0.15) is 52.4 Å². The molecule has 0 bridgehead atoms. The van der Waals surface area contributed by atoms with Gasteiger partial charge in [-0.3, -0.25) is 4.79 Å². The maximum atomic E-state index is 12.4. The van der Waals surface area contributed by atoms with Crippen molar-refractivity contribution in [1.82, 2.24) is 10.6 Å². The summed E-state index contributed by atoms with van der Waals surface area (Å²) in [6.45, 7) is 6.29. The third-order valence-electron chi connectivity index (χ3n) is 4.59. The summed E-state index contributed by atoms with van der Waals surface area (Å²) in [7, 11) is 0. The lowest BCUT2D eigenvalue weighted by molar-refractivity contribution is -0.135. The molecule has 1 saturated heterocycles. The molecule has 0 unspecified atom stereocenters. The van der Waals surface area contributed by atoms with Gasteiger partial charge >= 0.3 is 0 Å². The van der Waals surface area contributed by atoms with E-state index in [0.717, 1.165) is 45.2 Å². The van der Waals surface area contributed by atoms with Gasteiger partial charge in [-0.15, -0.1) is 0 Å². The standard InChI is InChI=1S/C13H24N2O/c1-3-13(7-9-14-10-8-13)11(16)15-12(2)5-4-6-12/h14H,3-10H2,1-2H3,(H,15,16). The number of carbonyl (C=O) groups is 1. The van der Waals surface area contributed by atoms with E-state index >= 15 is 0 Å². The highest BCUT2D eigenvalue weighted by molar-refractivity contribution is 5.83. The Morgan fingerprint density at radius 3 is 2.31 bits per heavy atom. The van der Waals surface area contributed by atoms with Crippen LogP contribution in [0, 0.1) is 5.41 Å². The fourth-order valence-corrected chi connectivity index (χ4v) is 2.89. The second kappa shape index (κ2) is 4.36. The molecule has 0 aromatic rings. The van der Waals surface area contributed by atoms with Crippen LogP contribution in [-0.2, 0) is 4.79 Å². The molecule has 0 spiro atoms. The zero-order valence-corrected chi connectivity index (χ0v) is 10.6. The van der Waals surface area contributed by atoms with Gasteiger partial charge in [0.1, 0.15) is 0 Å². The maximum Gasteiger partial charge on any atom is 0.226 e. The molecule has 2 N–H and O–H groups in total. The average molecular weight is 224 g/mol. The van der Waals surface area contributed by atoms with Gasteiger partial charge in [0.2, 0.25) is 5.91 Å². The highest BCUT2D eigenvalue weighted by Gasteiger charge is 2.42. The number of nitrogens with one attached hydrogen (secondary N) is 2. The first-order valence-electron chi connectivity index (χ1n) is 6.64. The van der Waals surface area contributed by atoms with Crippen LogP contribution in [0.5, 0.6) is 0 Å². The molecule has 1 saturated carbocycles. The monoisotopic (exact) mass is 224 g/mol. The minimum absolute atomic E-state index is 0.0934. The summed E-state index contributed by atoms with van der Waals surface area (Å²) < 4.78 is 0. The summed E-state index contributed by atoms with van der Waals surface area (Å²) in [6.07, 6.45) is 6.51. The Labute approximate surface area is 98.4 Å². The van der Waals surface area contributed by atoms with Crippen LogP contribution in [0.25, 0.3) is 0 Å². The minimum atomic E-state index is -0.0934. The quantitative estimate of drug-likeness (QED) is 0.768. The third-order valence-corrected chi connectivity index (χ3v) is 4.59. The molecule has 3 nitrogen and oxygen atoms in total. The predicted molar refractivity (Wildman–Crippen MR) is 65.2 cm³/mol. The number of carbonyl (C=O) groups excluding carboxylic acids is 1. The second-order valence-electron chi connectivity index (χ2n) is 5.75. The van der Waals surface area contributed by atoms with E-state index in [9.17, 15) is 4.79 Å². The van der Waals surface area contributed by atoms with E-state index in [4.69, 9.17) is 0 Å². The molecule has 0 aromatic carbocycles. The van der Waals surface area contributed by atoms with Crippen molar-refractivity contribution in [2.45, 2.75) is 57.9 Å². The van der Waals surface area contributed by atoms with Crippen LogP contribution in [-0.4, -0.2) is 24.5 Å². The van der Waals surface area contributed by atoms with Gasteiger partial charge < -0.3 is 10.6 Å². The van der Waals surface area contributed by atoms with Gasteiger partial charge in [0, 0.05) is 5.54 Å². The molecule has 0 aromatic heterocycles. The van der Waals surface area contributed by atoms with Gasteiger partial charge in [-0.25, -0.2) is 0 Å². The summed E-state index contributed by atoms with van der Waals surface area (Å²) in [5.74, 6) is 0.304. The Balaban J connectivity index is 1.99. The number of amides is 1. The zero-order chi connectivity index (χ0) is 11.6. The van der Waals surface area contributed by atoms with E-state index in [0.29, 0.717) is 5.91 Å².